The molecule has 0 unspecified atom stereocenters. The Kier molecular flexibility index (Phi) is 3.43. The average molecular weight is 206 g/mol. The van der Waals surface area contributed by atoms with Gasteiger partial charge in [-0.25, -0.2) is 4.98 Å². The predicted molar refractivity (Wildman–Crippen MR) is 57.3 cm³/mol. The van der Waals surface area contributed by atoms with Crippen molar-refractivity contribution < 1.29 is 5.11 Å². The van der Waals surface area contributed by atoms with Crippen molar-refractivity contribution in [3.05, 3.63) is 23.2 Å². The maximum Gasteiger partial charge on any atom is 0.195 e. The second-order valence-corrected chi connectivity index (χ2v) is 3.31. The SMILES string of the molecule is CC.N#Cc1nc2ccc(O)cc2s1. The molecule has 0 aliphatic rings. The topological polar surface area (TPSA) is 56.9 Å². The van der Waals surface area contributed by atoms with Crippen molar-refractivity contribution in [2.45, 2.75) is 13.8 Å². The van der Waals surface area contributed by atoms with Gasteiger partial charge in [-0.2, -0.15) is 5.26 Å². The molecule has 2 aromatic rings. The monoisotopic (exact) mass is 206 g/mol. The second-order valence-electron chi connectivity index (χ2n) is 2.28. The summed E-state index contributed by atoms with van der Waals surface area (Å²) in [6.45, 7) is 4.00. The van der Waals surface area contributed by atoms with Crippen molar-refractivity contribution in [2.24, 2.45) is 0 Å². The Morgan fingerprint density at radius 1 is 1.43 bits per heavy atom. The minimum absolute atomic E-state index is 0.204. The maximum atomic E-state index is 9.11. The van der Waals surface area contributed by atoms with E-state index in [9.17, 15) is 0 Å². The van der Waals surface area contributed by atoms with E-state index in [1.165, 1.54) is 11.3 Å². The number of hydrogen-bond acceptors (Lipinski definition) is 4. The van der Waals surface area contributed by atoms with Crippen molar-refractivity contribution >= 4 is 21.6 Å². The molecule has 1 N–H and O–H groups in total. The number of hydrogen-bond donors (Lipinski definition) is 1. The fourth-order valence-corrected chi connectivity index (χ4v) is 1.76. The lowest BCUT2D eigenvalue weighted by Crippen LogP contribution is -1.68. The lowest BCUT2D eigenvalue weighted by Gasteiger charge is -1.87. The van der Waals surface area contributed by atoms with E-state index in [0.717, 1.165) is 10.2 Å². The van der Waals surface area contributed by atoms with Crippen LogP contribution in [0.5, 0.6) is 5.75 Å². The molecule has 0 atom stereocenters. The lowest BCUT2D eigenvalue weighted by atomic mass is 10.3. The van der Waals surface area contributed by atoms with Gasteiger partial charge in [0.25, 0.3) is 0 Å². The fourth-order valence-electron chi connectivity index (χ4n) is 0.961. The van der Waals surface area contributed by atoms with E-state index in [-0.39, 0.29) is 5.75 Å². The lowest BCUT2D eigenvalue weighted by molar-refractivity contribution is 0.476. The molecule has 0 bridgehead atoms. The van der Waals surface area contributed by atoms with E-state index in [1.807, 2.05) is 19.9 Å². The summed E-state index contributed by atoms with van der Waals surface area (Å²) in [7, 11) is 0. The first-order chi connectivity index (χ1) is 6.79. The Labute approximate surface area is 86.3 Å². The van der Waals surface area contributed by atoms with Crippen molar-refractivity contribution in [3.8, 4) is 11.8 Å². The molecule has 0 saturated heterocycles. The first kappa shape index (κ1) is 10.5. The number of thiazole rings is 1. The molecular formula is C10H10N2OS. The summed E-state index contributed by atoms with van der Waals surface area (Å²) in [6.07, 6.45) is 0. The summed E-state index contributed by atoms with van der Waals surface area (Å²) in [6, 6.07) is 6.82. The Balaban J connectivity index is 0.000000461. The highest BCUT2D eigenvalue weighted by Crippen LogP contribution is 2.24. The maximum absolute atomic E-state index is 9.11. The van der Waals surface area contributed by atoms with Gasteiger partial charge in [0.05, 0.1) is 10.2 Å². The number of aromatic hydroxyl groups is 1. The molecule has 72 valence electrons. The van der Waals surface area contributed by atoms with Crippen LogP contribution >= 0.6 is 11.3 Å². The molecule has 0 amide bonds. The van der Waals surface area contributed by atoms with Gasteiger partial charge in [-0.15, -0.1) is 11.3 Å². The first-order valence-electron chi connectivity index (χ1n) is 4.29. The Morgan fingerprint density at radius 2 is 2.14 bits per heavy atom. The van der Waals surface area contributed by atoms with Crippen molar-refractivity contribution in [3.63, 3.8) is 0 Å². The molecule has 1 aromatic heterocycles. The van der Waals surface area contributed by atoms with Gasteiger partial charge < -0.3 is 5.11 Å². The van der Waals surface area contributed by atoms with Crippen LogP contribution in [0.3, 0.4) is 0 Å². The zero-order valence-electron chi connectivity index (χ0n) is 7.98. The molecule has 0 radical (unpaired) electrons. The van der Waals surface area contributed by atoms with Gasteiger partial charge in [0.2, 0.25) is 0 Å². The first-order valence-corrected chi connectivity index (χ1v) is 5.11. The molecule has 2 rings (SSSR count). The molecule has 0 aliphatic carbocycles. The fraction of sp³-hybridized carbons (Fsp3) is 0.200. The Morgan fingerprint density at radius 3 is 2.79 bits per heavy atom. The van der Waals surface area contributed by atoms with E-state index < -0.39 is 0 Å². The zero-order valence-corrected chi connectivity index (χ0v) is 8.80. The van der Waals surface area contributed by atoms with E-state index in [2.05, 4.69) is 4.98 Å². The van der Waals surface area contributed by atoms with Crippen LogP contribution in [0, 0.1) is 11.3 Å². The highest BCUT2D eigenvalue weighted by atomic mass is 32.1. The van der Waals surface area contributed by atoms with Gasteiger partial charge in [-0.3, -0.25) is 0 Å². The third-order valence-electron chi connectivity index (χ3n) is 1.47. The van der Waals surface area contributed by atoms with E-state index in [4.69, 9.17) is 10.4 Å². The van der Waals surface area contributed by atoms with Gasteiger partial charge in [-0.1, -0.05) is 13.8 Å². The number of rotatable bonds is 0. The quantitative estimate of drug-likeness (QED) is 0.721. The number of nitriles is 1. The highest BCUT2D eigenvalue weighted by molar-refractivity contribution is 7.19. The van der Waals surface area contributed by atoms with Gasteiger partial charge in [-0.05, 0) is 18.2 Å². The molecule has 0 spiro atoms. The summed E-state index contributed by atoms with van der Waals surface area (Å²) >= 11 is 1.28. The second kappa shape index (κ2) is 4.58. The van der Waals surface area contributed by atoms with Crippen LogP contribution in [-0.2, 0) is 0 Å². The van der Waals surface area contributed by atoms with E-state index >= 15 is 0 Å². The zero-order chi connectivity index (χ0) is 10.6. The molecular weight excluding hydrogens is 196 g/mol. The third-order valence-corrected chi connectivity index (χ3v) is 2.39. The number of benzene rings is 1. The number of phenolic OH excluding ortho intramolecular Hbond substituents is 1. The highest BCUT2D eigenvalue weighted by Gasteiger charge is 2.02. The van der Waals surface area contributed by atoms with Gasteiger partial charge >= 0.3 is 0 Å². The van der Waals surface area contributed by atoms with Crippen molar-refractivity contribution in [1.82, 2.24) is 4.98 Å². The Bertz CT molecular complexity index is 470. The van der Waals surface area contributed by atoms with Crippen LogP contribution < -0.4 is 0 Å². The number of phenols is 1. The number of aromatic nitrogens is 1. The van der Waals surface area contributed by atoms with E-state index in [0.29, 0.717) is 5.01 Å². The molecule has 1 aromatic carbocycles. The summed E-state index contributed by atoms with van der Waals surface area (Å²) in [5.74, 6) is 0.204. The van der Waals surface area contributed by atoms with Crippen molar-refractivity contribution in [1.29, 1.82) is 5.26 Å². The van der Waals surface area contributed by atoms with Crippen LogP contribution in [0.1, 0.15) is 18.9 Å². The van der Waals surface area contributed by atoms with E-state index in [1.54, 1.807) is 18.2 Å². The molecule has 14 heavy (non-hydrogen) atoms. The van der Waals surface area contributed by atoms with Crippen LogP contribution in [0.4, 0.5) is 0 Å². The summed E-state index contributed by atoms with van der Waals surface area (Å²) in [4.78, 5) is 4.02. The van der Waals surface area contributed by atoms with Crippen LogP contribution in [0.2, 0.25) is 0 Å². The predicted octanol–water partition coefficient (Wildman–Crippen LogP) is 2.90. The minimum Gasteiger partial charge on any atom is -0.508 e. The standard InChI is InChI=1S/C8H4N2OS.C2H6/c9-4-8-10-6-2-1-5(11)3-7(6)12-8;1-2/h1-3,11H;1-2H3. The molecule has 3 nitrogen and oxygen atoms in total. The molecule has 4 heteroatoms. The van der Waals surface area contributed by atoms with Crippen LogP contribution in [0.15, 0.2) is 18.2 Å². The average Bonchev–Trinajstić information content (AvgIpc) is 2.62. The normalized spacial score (nSPS) is 8.93. The van der Waals surface area contributed by atoms with Gasteiger partial charge in [0, 0.05) is 0 Å². The Hall–Kier alpha value is -1.60. The largest absolute Gasteiger partial charge is 0.508 e. The number of nitrogens with zero attached hydrogens (tertiary/aromatic N) is 2. The molecule has 0 aliphatic heterocycles. The minimum atomic E-state index is 0.204. The van der Waals surface area contributed by atoms with Gasteiger partial charge in [0.15, 0.2) is 5.01 Å². The summed E-state index contributed by atoms with van der Waals surface area (Å²) < 4.78 is 0.839. The summed E-state index contributed by atoms with van der Waals surface area (Å²) in [5.41, 5.74) is 0.759. The van der Waals surface area contributed by atoms with Crippen LogP contribution in [-0.4, -0.2) is 10.1 Å². The van der Waals surface area contributed by atoms with Gasteiger partial charge in [0.1, 0.15) is 11.8 Å². The molecule has 0 fully saturated rings. The molecule has 1 heterocycles. The number of fused-ring (bicyclic) bond motifs is 1. The molecule has 0 saturated carbocycles. The third kappa shape index (κ3) is 2.01. The smallest absolute Gasteiger partial charge is 0.195 e. The van der Waals surface area contributed by atoms with Crippen molar-refractivity contribution in [2.75, 3.05) is 0 Å². The summed E-state index contributed by atoms with van der Waals surface area (Å²) in [5, 5.41) is 18.1. The van der Waals surface area contributed by atoms with Crippen LogP contribution in [0.25, 0.3) is 10.2 Å².